The number of nitrogens with zero attached hydrogens (tertiary/aromatic N) is 2. The highest BCUT2D eigenvalue weighted by Crippen LogP contribution is 2.12. The summed E-state index contributed by atoms with van der Waals surface area (Å²) in [6.45, 7) is 0. The van der Waals surface area contributed by atoms with Gasteiger partial charge in [0.1, 0.15) is 0 Å². The first-order valence-corrected chi connectivity index (χ1v) is 7.43. The monoisotopic (exact) mass is 251 g/mol. The van der Waals surface area contributed by atoms with Crippen molar-refractivity contribution in [3.63, 3.8) is 0 Å². The Balaban J connectivity index is 3.57. The standard InChI is InChI=1S/C6H9N3O4S2/c1-14(10,11)4-3-5(15(2,12)13)9-6(7)8-4/h3H,1-2H3,(H2,7,8,9). The molecule has 0 aliphatic heterocycles. The van der Waals surface area contributed by atoms with Crippen LogP contribution in [0.25, 0.3) is 0 Å². The second-order valence-electron chi connectivity index (χ2n) is 2.95. The predicted octanol–water partition coefficient (Wildman–Crippen LogP) is -1.13. The summed E-state index contributed by atoms with van der Waals surface area (Å²) in [5.41, 5.74) is 5.20. The van der Waals surface area contributed by atoms with E-state index < -0.39 is 35.7 Å². The van der Waals surface area contributed by atoms with E-state index in [1.54, 1.807) is 0 Å². The minimum atomic E-state index is -3.60. The van der Waals surface area contributed by atoms with Crippen molar-refractivity contribution in [2.24, 2.45) is 0 Å². The molecule has 0 aliphatic carbocycles. The van der Waals surface area contributed by atoms with E-state index >= 15 is 0 Å². The second kappa shape index (κ2) is 3.42. The lowest BCUT2D eigenvalue weighted by molar-refractivity contribution is 0.593. The predicted molar refractivity (Wildman–Crippen MR) is 52.7 cm³/mol. The van der Waals surface area contributed by atoms with Gasteiger partial charge in [0.25, 0.3) is 0 Å². The first-order chi connectivity index (χ1) is 6.60. The van der Waals surface area contributed by atoms with Crippen LogP contribution in [0.15, 0.2) is 16.1 Å². The average Bonchev–Trinajstić information content (AvgIpc) is 1.99. The minimum absolute atomic E-state index is 0.390. The van der Waals surface area contributed by atoms with E-state index in [1.807, 2.05) is 0 Å². The Morgan fingerprint density at radius 2 is 1.33 bits per heavy atom. The molecule has 9 heteroatoms. The fourth-order valence-corrected chi connectivity index (χ4v) is 2.05. The molecule has 84 valence electrons. The first-order valence-electron chi connectivity index (χ1n) is 3.65. The Kier molecular flexibility index (Phi) is 2.70. The quantitative estimate of drug-likeness (QED) is 0.660. The van der Waals surface area contributed by atoms with Crippen LogP contribution in [-0.2, 0) is 19.7 Å². The Hall–Kier alpha value is -1.22. The van der Waals surface area contributed by atoms with E-state index in [1.165, 1.54) is 0 Å². The molecule has 1 rings (SSSR count). The van der Waals surface area contributed by atoms with Crippen LogP contribution in [0.4, 0.5) is 5.95 Å². The van der Waals surface area contributed by atoms with Crippen molar-refractivity contribution in [1.82, 2.24) is 9.97 Å². The maximum absolute atomic E-state index is 11.1. The van der Waals surface area contributed by atoms with Crippen LogP contribution < -0.4 is 5.73 Å². The topological polar surface area (TPSA) is 120 Å². The molecule has 0 saturated carbocycles. The number of nitrogens with two attached hydrogens (primary N) is 1. The lowest BCUT2D eigenvalue weighted by Crippen LogP contribution is -2.10. The van der Waals surface area contributed by atoms with Gasteiger partial charge in [0.05, 0.1) is 0 Å². The number of hydrogen-bond acceptors (Lipinski definition) is 7. The summed E-state index contributed by atoms with van der Waals surface area (Å²) in [7, 11) is -7.21. The van der Waals surface area contributed by atoms with Gasteiger partial charge in [-0.05, 0) is 0 Å². The molecule has 0 atom stereocenters. The largest absolute Gasteiger partial charge is 0.368 e. The van der Waals surface area contributed by atoms with Gasteiger partial charge in [0, 0.05) is 18.6 Å². The van der Waals surface area contributed by atoms with Gasteiger partial charge in [0.15, 0.2) is 29.7 Å². The molecule has 7 nitrogen and oxygen atoms in total. The normalized spacial score (nSPS) is 12.7. The first kappa shape index (κ1) is 11.9. The highest BCUT2D eigenvalue weighted by atomic mass is 32.2. The third-order valence-corrected chi connectivity index (χ3v) is 3.39. The van der Waals surface area contributed by atoms with E-state index in [0.29, 0.717) is 0 Å². The van der Waals surface area contributed by atoms with Crippen molar-refractivity contribution in [2.75, 3.05) is 18.2 Å². The van der Waals surface area contributed by atoms with Crippen molar-refractivity contribution in [2.45, 2.75) is 10.1 Å². The molecule has 0 aromatic carbocycles. The molecule has 0 fully saturated rings. The fourth-order valence-electron chi connectivity index (χ4n) is 0.801. The summed E-state index contributed by atoms with van der Waals surface area (Å²) in [4.78, 5) is 6.87. The molecule has 2 N–H and O–H groups in total. The van der Waals surface area contributed by atoms with Crippen molar-refractivity contribution in [3.8, 4) is 0 Å². The fraction of sp³-hybridized carbons (Fsp3) is 0.333. The van der Waals surface area contributed by atoms with E-state index in [-0.39, 0.29) is 0 Å². The van der Waals surface area contributed by atoms with Gasteiger partial charge < -0.3 is 5.73 Å². The van der Waals surface area contributed by atoms with E-state index in [4.69, 9.17) is 5.73 Å². The maximum Gasteiger partial charge on any atom is 0.222 e. The third-order valence-electron chi connectivity index (χ3n) is 1.46. The van der Waals surface area contributed by atoms with Gasteiger partial charge in [0.2, 0.25) is 5.95 Å². The summed E-state index contributed by atoms with van der Waals surface area (Å²) >= 11 is 0. The van der Waals surface area contributed by atoms with Gasteiger partial charge in [-0.25, -0.2) is 26.8 Å². The van der Waals surface area contributed by atoms with Crippen LogP contribution in [0.1, 0.15) is 0 Å². The van der Waals surface area contributed by atoms with E-state index in [9.17, 15) is 16.8 Å². The Morgan fingerprint density at radius 3 is 1.60 bits per heavy atom. The maximum atomic E-state index is 11.1. The third kappa shape index (κ3) is 2.86. The smallest absolute Gasteiger partial charge is 0.222 e. The number of anilines is 1. The Labute approximate surface area is 87.2 Å². The number of rotatable bonds is 2. The average molecular weight is 251 g/mol. The molecule has 0 saturated heterocycles. The molecule has 1 aromatic heterocycles. The zero-order valence-corrected chi connectivity index (χ0v) is 9.63. The van der Waals surface area contributed by atoms with Gasteiger partial charge in [-0.2, -0.15) is 0 Å². The lowest BCUT2D eigenvalue weighted by atomic mass is 10.7. The van der Waals surface area contributed by atoms with Crippen molar-refractivity contribution >= 4 is 25.6 Å². The number of aromatic nitrogens is 2. The van der Waals surface area contributed by atoms with Crippen LogP contribution in [0.2, 0.25) is 0 Å². The molecule has 0 unspecified atom stereocenters. The second-order valence-corrected chi connectivity index (χ2v) is 6.87. The molecule has 0 bridgehead atoms. The summed E-state index contributed by atoms with van der Waals surface area (Å²) in [5.74, 6) is -0.390. The van der Waals surface area contributed by atoms with Gasteiger partial charge in [-0.3, -0.25) is 0 Å². The molecule has 0 spiro atoms. The van der Waals surface area contributed by atoms with Crippen molar-refractivity contribution < 1.29 is 16.8 Å². The van der Waals surface area contributed by atoms with E-state index in [2.05, 4.69) is 9.97 Å². The number of nitrogen functional groups attached to an aromatic ring is 1. The van der Waals surface area contributed by atoms with Crippen LogP contribution in [-0.4, -0.2) is 39.3 Å². The minimum Gasteiger partial charge on any atom is -0.368 e. The summed E-state index contributed by atoms with van der Waals surface area (Å²) in [5, 5.41) is -0.814. The molecule has 1 heterocycles. The number of sulfone groups is 2. The Morgan fingerprint density at radius 1 is 1.00 bits per heavy atom. The van der Waals surface area contributed by atoms with Crippen LogP contribution >= 0.6 is 0 Å². The van der Waals surface area contributed by atoms with Gasteiger partial charge in [-0.1, -0.05) is 0 Å². The Bertz CT molecular complexity index is 541. The zero-order valence-electron chi connectivity index (χ0n) is 8.00. The van der Waals surface area contributed by atoms with Crippen LogP contribution in [0.3, 0.4) is 0 Å². The summed E-state index contributed by atoms with van der Waals surface area (Å²) in [6, 6.07) is 0.876. The lowest BCUT2D eigenvalue weighted by Gasteiger charge is -2.02. The molecule has 1 aromatic rings. The van der Waals surface area contributed by atoms with Crippen LogP contribution in [0, 0.1) is 0 Å². The molecule has 0 radical (unpaired) electrons. The summed E-state index contributed by atoms with van der Waals surface area (Å²) < 4.78 is 44.5. The number of hydrogen-bond donors (Lipinski definition) is 1. The molecule has 15 heavy (non-hydrogen) atoms. The molecule has 0 aliphatic rings. The van der Waals surface area contributed by atoms with Crippen molar-refractivity contribution in [3.05, 3.63) is 6.07 Å². The SMILES string of the molecule is CS(=O)(=O)c1cc(S(C)(=O)=O)nc(N)n1. The highest BCUT2D eigenvalue weighted by Gasteiger charge is 2.17. The van der Waals surface area contributed by atoms with Crippen molar-refractivity contribution in [1.29, 1.82) is 0 Å². The molecular formula is C6H9N3O4S2. The molecular weight excluding hydrogens is 242 g/mol. The summed E-state index contributed by atoms with van der Waals surface area (Å²) in [6.07, 6.45) is 1.81. The van der Waals surface area contributed by atoms with Crippen LogP contribution in [0.5, 0.6) is 0 Å². The highest BCUT2D eigenvalue weighted by molar-refractivity contribution is 7.91. The van der Waals surface area contributed by atoms with E-state index in [0.717, 1.165) is 18.6 Å². The van der Waals surface area contributed by atoms with Gasteiger partial charge >= 0.3 is 0 Å². The molecule has 0 amide bonds. The zero-order chi connectivity index (χ0) is 11.9. The van der Waals surface area contributed by atoms with Gasteiger partial charge in [-0.15, -0.1) is 0 Å².